The van der Waals surface area contributed by atoms with Crippen molar-refractivity contribution in [2.75, 3.05) is 11.9 Å². The largest absolute Gasteiger partial charge is 0.392 e. The number of aliphatic hydroxyl groups is 1. The van der Waals surface area contributed by atoms with E-state index in [0.717, 1.165) is 5.69 Å². The van der Waals surface area contributed by atoms with E-state index in [9.17, 15) is 0 Å². The molecule has 0 amide bonds. The van der Waals surface area contributed by atoms with Gasteiger partial charge >= 0.3 is 0 Å². The molecule has 0 bridgehead atoms. The Morgan fingerprint density at radius 1 is 1.58 bits per heavy atom. The van der Waals surface area contributed by atoms with Gasteiger partial charge in [0.15, 0.2) is 0 Å². The van der Waals surface area contributed by atoms with Crippen LogP contribution >= 0.6 is 11.6 Å². The van der Waals surface area contributed by atoms with Crippen LogP contribution < -0.4 is 5.32 Å². The third kappa shape index (κ3) is 3.11. The van der Waals surface area contributed by atoms with Crippen molar-refractivity contribution in [2.24, 2.45) is 0 Å². The van der Waals surface area contributed by atoms with Crippen LogP contribution in [-0.4, -0.2) is 17.8 Å². The fraction of sp³-hybridized carbons (Fsp3) is 0.333. The van der Waals surface area contributed by atoms with Gasteiger partial charge in [0.2, 0.25) is 0 Å². The van der Waals surface area contributed by atoms with E-state index in [1.54, 1.807) is 6.92 Å². The molecule has 0 fully saturated rings. The molecule has 1 rings (SSSR count). The second-order valence-corrected chi connectivity index (χ2v) is 3.18. The molecule has 66 valence electrons. The fourth-order valence-electron chi connectivity index (χ4n) is 0.864. The molecule has 0 aromatic heterocycles. The summed E-state index contributed by atoms with van der Waals surface area (Å²) in [7, 11) is 0. The van der Waals surface area contributed by atoms with E-state index in [0.29, 0.717) is 11.6 Å². The summed E-state index contributed by atoms with van der Waals surface area (Å²) in [5, 5.41) is 12.7. The molecule has 0 saturated heterocycles. The molecule has 2 N–H and O–H groups in total. The van der Waals surface area contributed by atoms with E-state index in [1.165, 1.54) is 0 Å². The van der Waals surface area contributed by atoms with Crippen LogP contribution in [0.25, 0.3) is 0 Å². The third-order valence-corrected chi connectivity index (χ3v) is 1.66. The van der Waals surface area contributed by atoms with Crippen LogP contribution in [-0.2, 0) is 0 Å². The van der Waals surface area contributed by atoms with Gasteiger partial charge in [-0.1, -0.05) is 17.7 Å². The molecule has 3 heteroatoms. The summed E-state index contributed by atoms with van der Waals surface area (Å²) in [5.74, 6) is 0. The number of aliphatic hydroxyl groups excluding tert-OH is 1. The van der Waals surface area contributed by atoms with E-state index in [4.69, 9.17) is 16.7 Å². The van der Waals surface area contributed by atoms with Crippen molar-refractivity contribution in [1.29, 1.82) is 0 Å². The average Bonchev–Trinajstić information content (AvgIpc) is 2.01. The zero-order valence-corrected chi connectivity index (χ0v) is 7.67. The first-order valence-electron chi connectivity index (χ1n) is 3.86. The SMILES string of the molecule is C[C@@H](O)CNc1cccc(Cl)c1. The summed E-state index contributed by atoms with van der Waals surface area (Å²) >= 11 is 5.76. The summed E-state index contributed by atoms with van der Waals surface area (Å²) in [4.78, 5) is 0. The fourth-order valence-corrected chi connectivity index (χ4v) is 1.05. The highest BCUT2D eigenvalue weighted by molar-refractivity contribution is 6.30. The van der Waals surface area contributed by atoms with Crippen molar-refractivity contribution in [3.63, 3.8) is 0 Å². The number of anilines is 1. The summed E-state index contributed by atoms with van der Waals surface area (Å²) in [6, 6.07) is 7.42. The number of hydrogen-bond acceptors (Lipinski definition) is 2. The van der Waals surface area contributed by atoms with Gasteiger partial charge in [-0.15, -0.1) is 0 Å². The first-order chi connectivity index (χ1) is 5.68. The number of hydrogen-bond donors (Lipinski definition) is 2. The van der Waals surface area contributed by atoms with E-state index in [1.807, 2.05) is 24.3 Å². The Bertz CT molecular complexity index is 250. The summed E-state index contributed by atoms with van der Waals surface area (Å²) in [6.45, 7) is 2.28. The van der Waals surface area contributed by atoms with Crippen LogP contribution in [0, 0.1) is 0 Å². The molecule has 0 aliphatic carbocycles. The Kier molecular flexibility index (Phi) is 3.38. The lowest BCUT2D eigenvalue weighted by atomic mass is 10.3. The second-order valence-electron chi connectivity index (χ2n) is 2.74. The molecule has 0 aliphatic rings. The molecule has 12 heavy (non-hydrogen) atoms. The first kappa shape index (κ1) is 9.36. The van der Waals surface area contributed by atoms with Gasteiger partial charge in [0.25, 0.3) is 0 Å². The standard InChI is InChI=1S/C9H12ClNO/c1-7(12)6-11-9-4-2-3-8(10)5-9/h2-5,7,11-12H,6H2,1H3/t7-/m1/s1. The van der Waals surface area contributed by atoms with E-state index in [-0.39, 0.29) is 6.10 Å². The zero-order valence-electron chi connectivity index (χ0n) is 6.92. The van der Waals surface area contributed by atoms with Crippen LogP contribution in [0.2, 0.25) is 5.02 Å². The molecule has 2 nitrogen and oxygen atoms in total. The highest BCUT2D eigenvalue weighted by atomic mass is 35.5. The summed E-state index contributed by atoms with van der Waals surface area (Å²) in [5.41, 5.74) is 0.934. The lowest BCUT2D eigenvalue weighted by Gasteiger charge is -2.07. The van der Waals surface area contributed by atoms with Crippen LogP contribution in [0.4, 0.5) is 5.69 Å². The molecule has 0 saturated carbocycles. The minimum absolute atomic E-state index is 0.344. The van der Waals surface area contributed by atoms with Gasteiger partial charge < -0.3 is 10.4 Å². The first-order valence-corrected chi connectivity index (χ1v) is 4.24. The van der Waals surface area contributed by atoms with Crippen molar-refractivity contribution in [2.45, 2.75) is 13.0 Å². The minimum atomic E-state index is -0.344. The summed E-state index contributed by atoms with van der Waals surface area (Å²) in [6.07, 6.45) is -0.344. The molecular weight excluding hydrogens is 174 g/mol. The van der Waals surface area contributed by atoms with Crippen molar-refractivity contribution in [3.05, 3.63) is 29.3 Å². The molecule has 0 unspecified atom stereocenters. The van der Waals surface area contributed by atoms with Gasteiger partial charge in [0.05, 0.1) is 6.10 Å². The monoisotopic (exact) mass is 185 g/mol. The second kappa shape index (κ2) is 4.33. The normalized spacial score (nSPS) is 12.6. The molecule has 0 aliphatic heterocycles. The van der Waals surface area contributed by atoms with Gasteiger partial charge in [0.1, 0.15) is 0 Å². The Morgan fingerprint density at radius 2 is 2.33 bits per heavy atom. The van der Waals surface area contributed by atoms with Crippen molar-refractivity contribution in [3.8, 4) is 0 Å². The van der Waals surface area contributed by atoms with Crippen molar-refractivity contribution < 1.29 is 5.11 Å². The van der Waals surface area contributed by atoms with Gasteiger partial charge in [-0.05, 0) is 25.1 Å². The van der Waals surface area contributed by atoms with Crippen LogP contribution in [0.15, 0.2) is 24.3 Å². The maximum absolute atomic E-state index is 8.99. The maximum atomic E-state index is 8.99. The maximum Gasteiger partial charge on any atom is 0.0684 e. The van der Waals surface area contributed by atoms with Crippen LogP contribution in [0.5, 0.6) is 0 Å². The Labute approximate surface area is 77.2 Å². The third-order valence-electron chi connectivity index (χ3n) is 1.43. The number of halogens is 1. The molecular formula is C9H12ClNO. The molecule has 1 aromatic rings. The van der Waals surface area contributed by atoms with Gasteiger partial charge in [-0.3, -0.25) is 0 Å². The van der Waals surface area contributed by atoms with E-state index >= 15 is 0 Å². The highest BCUT2D eigenvalue weighted by Gasteiger charge is 1.95. The Balaban J connectivity index is 2.52. The van der Waals surface area contributed by atoms with E-state index < -0.39 is 0 Å². The van der Waals surface area contributed by atoms with Gasteiger partial charge in [-0.25, -0.2) is 0 Å². The number of rotatable bonds is 3. The summed E-state index contributed by atoms with van der Waals surface area (Å²) < 4.78 is 0. The average molecular weight is 186 g/mol. The number of nitrogens with one attached hydrogen (secondary N) is 1. The van der Waals surface area contributed by atoms with Gasteiger partial charge in [0, 0.05) is 17.3 Å². The topological polar surface area (TPSA) is 32.3 Å². The van der Waals surface area contributed by atoms with Crippen molar-refractivity contribution in [1.82, 2.24) is 0 Å². The lowest BCUT2D eigenvalue weighted by molar-refractivity contribution is 0.208. The molecule has 0 spiro atoms. The van der Waals surface area contributed by atoms with Crippen LogP contribution in [0.3, 0.4) is 0 Å². The predicted molar refractivity (Wildman–Crippen MR) is 51.6 cm³/mol. The minimum Gasteiger partial charge on any atom is -0.392 e. The quantitative estimate of drug-likeness (QED) is 0.756. The molecule has 0 heterocycles. The number of benzene rings is 1. The van der Waals surface area contributed by atoms with Crippen LogP contribution in [0.1, 0.15) is 6.92 Å². The predicted octanol–water partition coefficient (Wildman–Crippen LogP) is 2.13. The Morgan fingerprint density at radius 3 is 2.92 bits per heavy atom. The molecule has 1 atom stereocenters. The highest BCUT2D eigenvalue weighted by Crippen LogP contribution is 2.14. The zero-order chi connectivity index (χ0) is 8.97. The Hall–Kier alpha value is -0.730. The van der Waals surface area contributed by atoms with E-state index in [2.05, 4.69) is 5.32 Å². The molecule has 1 aromatic carbocycles. The lowest BCUT2D eigenvalue weighted by Crippen LogP contribution is -2.15. The molecule has 0 radical (unpaired) electrons. The van der Waals surface area contributed by atoms with Gasteiger partial charge in [-0.2, -0.15) is 0 Å². The van der Waals surface area contributed by atoms with Crippen molar-refractivity contribution >= 4 is 17.3 Å². The smallest absolute Gasteiger partial charge is 0.0684 e.